The van der Waals surface area contributed by atoms with Gasteiger partial charge in [-0.15, -0.1) is 10.2 Å². The van der Waals surface area contributed by atoms with Gasteiger partial charge in [-0.1, -0.05) is 23.9 Å². The smallest absolute Gasteiger partial charge is 0.313 e. The molecule has 0 aliphatic rings. The molecule has 106 valence electrons. The summed E-state index contributed by atoms with van der Waals surface area (Å²) in [5, 5.41) is 26.4. The summed E-state index contributed by atoms with van der Waals surface area (Å²) in [6.07, 6.45) is 0. The van der Waals surface area contributed by atoms with Crippen molar-refractivity contribution >= 4 is 33.7 Å². The predicted octanol–water partition coefficient (Wildman–Crippen LogP) is 2.01. The predicted molar refractivity (Wildman–Crippen MR) is 78.1 cm³/mol. The van der Waals surface area contributed by atoms with Gasteiger partial charge in [-0.3, -0.25) is 9.36 Å². The molecule has 0 unspecified atom stereocenters. The van der Waals surface area contributed by atoms with E-state index in [-0.39, 0.29) is 12.4 Å². The number of aryl methyl sites for hydroxylation is 1. The first kappa shape index (κ1) is 15.0. The number of aromatic nitrogens is 3. The van der Waals surface area contributed by atoms with Crippen LogP contribution in [0.4, 0.5) is 0 Å². The average Bonchev–Trinajstić information content (AvgIpc) is 2.82. The molecule has 1 heterocycles. The third kappa shape index (κ3) is 3.02. The van der Waals surface area contributed by atoms with Crippen molar-refractivity contribution in [3.63, 3.8) is 0 Å². The van der Waals surface area contributed by atoms with Crippen molar-refractivity contribution < 1.29 is 15.0 Å². The third-order valence-electron chi connectivity index (χ3n) is 2.58. The number of aliphatic carboxylic acids is 1. The Morgan fingerprint density at radius 2 is 2.20 bits per heavy atom. The molecule has 0 bridgehead atoms. The van der Waals surface area contributed by atoms with Crippen molar-refractivity contribution in [3.8, 4) is 5.69 Å². The van der Waals surface area contributed by atoms with E-state index in [1.54, 1.807) is 4.57 Å². The van der Waals surface area contributed by atoms with Crippen LogP contribution in [0.15, 0.2) is 27.8 Å². The topological polar surface area (TPSA) is 88.2 Å². The van der Waals surface area contributed by atoms with Crippen molar-refractivity contribution in [2.45, 2.75) is 18.7 Å². The zero-order valence-electron chi connectivity index (χ0n) is 10.6. The van der Waals surface area contributed by atoms with Crippen LogP contribution in [-0.2, 0) is 11.4 Å². The van der Waals surface area contributed by atoms with Crippen LogP contribution in [0.3, 0.4) is 0 Å². The summed E-state index contributed by atoms with van der Waals surface area (Å²) in [5.74, 6) is -0.685. The molecule has 0 radical (unpaired) electrons. The molecule has 0 atom stereocenters. The Balaban J connectivity index is 2.50. The molecular weight excluding hydrogens is 346 g/mol. The number of hydrogen-bond acceptors (Lipinski definition) is 5. The van der Waals surface area contributed by atoms with Crippen molar-refractivity contribution in [3.05, 3.63) is 34.1 Å². The van der Waals surface area contributed by atoms with Gasteiger partial charge in [0.05, 0.1) is 11.4 Å². The molecule has 0 saturated carbocycles. The van der Waals surface area contributed by atoms with Gasteiger partial charge < -0.3 is 10.2 Å². The molecule has 0 spiro atoms. The lowest BCUT2D eigenvalue weighted by atomic mass is 10.2. The molecule has 1 aromatic heterocycles. The van der Waals surface area contributed by atoms with E-state index in [1.165, 1.54) is 0 Å². The first-order valence-electron chi connectivity index (χ1n) is 5.69. The van der Waals surface area contributed by atoms with Crippen LogP contribution in [0.5, 0.6) is 0 Å². The zero-order chi connectivity index (χ0) is 14.7. The molecule has 0 aliphatic heterocycles. The fourth-order valence-corrected chi connectivity index (χ4v) is 2.79. The number of aliphatic hydroxyl groups excluding tert-OH is 1. The number of carbonyl (C=O) groups is 1. The summed E-state index contributed by atoms with van der Waals surface area (Å²) in [6.45, 7) is 1.67. The number of rotatable bonds is 5. The highest BCUT2D eigenvalue weighted by Crippen LogP contribution is 2.29. The fraction of sp³-hybridized carbons (Fsp3) is 0.250. The Kier molecular flexibility index (Phi) is 4.79. The highest BCUT2D eigenvalue weighted by atomic mass is 79.9. The summed E-state index contributed by atoms with van der Waals surface area (Å²) in [4.78, 5) is 10.7. The normalized spacial score (nSPS) is 10.8. The lowest BCUT2D eigenvalue weighted by Crippen LogP contribution is -2.06. The number of aliphatic hydroxyl groups is 1. The number of thioether (sulfide) groups is 1. The lowest BCUT2D eigenvalue weighted by Gasteiger charge is -2.12. The van der Waals surface area contributed by atoms with Crippen molar-refractivity contribution in [1.82, 2.24) is 14.8 Å². The van der Waals surface area contributed by atoms with Crippen LogP contribution in [0, 0.1) is 6.92 Å². The highest BCUT2D eigenvalue weighted by molar-refractivity contribution is 9.10. The van der Waals surface area contributed by atoms with E-state index >= 15 is 0 Å². The van der Waals surface area contributed by atoms with E-state index in [2.05, 4.69) is 26.1 Å². The Labute approximate surface area is 128 Å². The van der Waals surface area contributed by atoms with Crippen LogP contribution < -0.4 is 0 Å². The van der Waals surface area contributed by atoms with Crippen LogP contribution in [-0.4, -0.2) is 36.7 Å². The summed E-state index contributed by atoms with van der Waals surface area (Å²) < 4.78 is 2.51. The molecular formula is C12H12BrN3O3S. The van der Waals surface area contributed by atoms with E-state index in [0.29, 0.717) is 11.0 Å². The van der Waals surface area contributed by atoms with Crippen LogP contribution in [0.2, 0.25) is 0 Å². The van der Waals surface area contributed by atoms with Gasteiger partial charge in [0.15, 0.2) is 11.0 Å². The van der Waals surface area contributed by atoms with Crippen molar-refractivity contribution in [1.29, 1.82) is 0 Å². The van der Waals surface area contributed by atoms with Crippen LogP contribution >= 0.6 is 27.7 Å². The Bertz CT molecular complexity index is 645. The highest BCUT2D eigenvalue weighted by Gasteiger charge is 2.17. The summed E-state index contributed by atoms with van der Waals surface area (Å²) in [5.41, 5.74) is 1.79. The van der Waals surface area contributed by atoms with Crippen LogP contribution in [0.25, 0.3) is 5.69 Å². The van der Waals surface area contributed by atoms with E-state index < -0.39 is 5.97 Å². The number of carboxylic acids is 1. The molecule has 2 rings (SSSR count). The average molecular weight is 358 g/mol. The van der Waals surface area contributed by atoms with E-state index in [1.807, 2.05) is 25.1 Å². The molecule has 8 heteroatoms. The standard InChI is InChI=1S/C12H12BrN3O3S/c1-7-3-2-4-8(11(7)13)16-9(5-17)14-15-12(16)20-6-10(18)19/h2-4,17H,5-6H2,1H3,(H,18,19). The van der Waals surface area contributed by atoms with Gasteiger partial charge in [0.2, 0.25) is 0 Å². The molecule has 0 amide bonds. The van der Waals surface area contributed by atoms with E-state index in [9.17, 15) is 9.90 Å². The first-order valence-corrected chi connectivity index (χ1v) is 7.47. The lowest BCUT2D eigenvalue weighted by molar-refractivity contribution is -0.133. The summed E-state index contributed by atoms with van der Waals surface area (Å²) in [7, 11) is 0. The quantitative estimate of drug-likeness (QED) is 0.795. The van der Waals surface area contributed by atoms with Gasteiger partial charge in [0.25, 0.3) is 0 Å². The Morgan fingerprint density at radius 3 is 2.85 bits per heavy atom. The molecule has 0 saturated heterocycles. The molecule has 0 fully saturated rings. The summed E-state index contributed by atoms with van der Waals surface area (Å²) in [6, 6.07) is 5.67. The maximum absolute atomic E-state index is 10.7. The molecule has 2 aromatic rings. The Morgan fingerprint density at radius 1 is 1.45 bits per heavy atom. The number of carboxylic acid groups (broad SMARTS) is 1. The third-order valence-corrected chi connectivity index (χ3v) is 4.52. The van der Waals surface area contributed by atoms with Crippen molar-refractivity contribution in [2.24, 2.45) is 0 Å². The second-order valence-electron chi connectivity index (χ2n) is 3.98. The molecule has 20 heavy (non-hydrogen) atoms. The molecule has 2 N–H and O–H groups in total. The number of halogens is 1. The second kappa shape index (κ2) is 6.38. The first-order chi connectivity index (χ1) is 9.54. The summed E-state index contributed by atoms with van der Waals surface area (Å²) >= 11 is 4.55. The second-order valence-corrected chi connectivity index (χ2v) is 5.72. The molecule has 6 nitrogen and oxygen atoms in total. The molecule has 1 aromatic carbocycles. The minimum absolute atomic E-state index is 0.118. The number of benzene rings is 1. The zero-order valence-corrected chi connectivity index (χ0v) is 13.0. The van der Waals surface area contributed by atoms with Crippen molar-refractivity contribution in [2.75, 3.05) is 5.75 Å². The van der Waals surface area contributed by atoms with Gasteiger partial charge in [-0.05, 0) is 34.5 Å². The number of hydrogen-bond donors (Lipinski definition) is 2. The fourth-order valence-electron chi connectivity index (χ4n) is 1.67. The van der Waals surface area contributed by atoms with E-state index in [0.717, 1.165) is 27.5 Å². The monoisotopic (exact) mass is 357 g/mol. The largest absolute Gasteiger partial charge is 0.481 e. The van der Waals surface area contributed by atoms with E-state index in [4.69, 9.17) is 5.11 Å². The maximum Gasteiger partial charge on any atom is 0.313 e. The van der Waals surface area contributed by atoms with Gasteiger partial charge in [0.1, 0.15) is 6.61 Å². The minimum atomic E-state index is -0.932. The Hall–Kier alpha value is -1.38. The van der Waals surface area contributed by atoms with Gasteiger partial charge in [-0.25, -0.2) is 0 Å². The van der Waals surface area contributed by atoms with Gasteiger partial charge >= 0.3 is 5.97 Å². The maximum atomic E-state index is 10.7. The molecule has 0 aliphatic carbocycles. The van der Waals surface area contributed by atoms with Gasteiger partial charge in [-0.2, -0.15) is 0 Å². The number of nitrogens with zero attached hydrogens (tertiary/aromatic N) is 3. The van der Waals surface area contributed by atoms with Gasteiger partial charge in [0, 0.05) is 4.47 Å². The van der Waals surface area contributed by atoms with Crippen LogP contribution in [0.1, 0.15) is 11.4 Å². The minimum Gasteiger partial charge on any atom is -0.481 e. The SMILES string of the molecule is Cc1cccc(-n2c(CO)nnc2SCC(=O)O)c1Br.